The fraction of sp³-hybridized carbons (Fsp3) is 0.450. The number of aromatic nitrogens is 2. The maximum atomic E-state index is 13.1. The molecule has 0 unspecified atom stereocenters. The molecule has 0 N–H and O–H groups in total. The van der Waals surface area contributed by atoms with Gasteiger partial charge in [-0.15, -0.1) is 0 Å². The highest BCUT2D eigenvalue weighted by Crippen LogP contribution is 2.19. The summed E-state index contributed by atoms with van der Waals surface area (Å²) in [6, 6.07) is 4.54. The van der Waals surface area contributed by atoms with Gasteiger partial charge < -0.3 is 14.5 Å². The van der Waals surface area contributed by atoms with Crippen molar-refractivity contribution >= 4 is 21.9 Å². The lowest BCUT2D eigenvalue weighted by Gasteiger charge is -2.35. The van der Waals surface area contributed by atoms with Crippen LogP contribution in [0.1, 0.15) is 11.3 Å². The molecule has 1 saturated heterocycles. The van der Waals surface area contributed by atoms with E-state index in [1.807, 2.05) is 4.90 Å². The quantitative estimate of drug-likeness (QED) is 0.662. The average molecular weight is 450 g/mol. The number of hydrogen-bond donors (Lipinski definition) is 0. The fourth-order valence-electron chi connectivity index (χ4n) is 3.59. The van der Waals surface area contributed by atoms with Crippen LogP contribution in [0.2, 0.25) is 0 Å². The molecule has 1 fully saturated rings. The maximum absolute atomic E-state index is 13.1. The summed E-state index contributed by atoms with van der Waals surface area (Å²) >= 11 is 0. The Labute approximate surface area is 180 Å². The first-order valence-electron chi connectivity index (χ1n) is 10.0. The third kappa shape index (κ3) is 4.68. The zero-order chi connectivity index (χ0) is 22.0. The van der Waals surface area contributed by atoms with Crippen molar-refractivity contribution in [2.45, 2.75) is 17.9 Å². The Kier molecular flexibility index (Phi) is 6.17. The number of hydrogen-bond acceptors (Lipinski definition) is 7. The van der Waals surface area contributed by atoms with E-state index in [9.17, 15) is 17.6 Å². The van der Waals surface area contributed by atoms with Crippen LogP contribution in [-0.4, -0.2) is 79.9 Å². The van der Waals surface area contributed by atoms with Gasteiger partial charge in [0.2, 0.25) is 21.9 Å². The van der Waals surface area contributed by atoms with Crippen molar-refractivity contribution in [2.75, 3.05) is 51.3 Å². The smallest absolute Gasteiger partial charge is 0.243 e. The number of benzene rings is 1. The van der Waals surface area contributed by atoms with Gasteiger partial charge >= 0.3 is 0 Å². The summed E-state index contributed by atoms with van der Waals surface area (Å²) in [4.78, 5) is 25.4. The molecular formula is C20H24FN5O4S. The Hall–Kier alpha value is -2.63. The van der Waals surface area contributed by atoms with E-state index in [0.717, 1.165) is 34.1 Å². The van der Waals surface area contributed by atoms with Gasteiger partial charge in [0.15, 0.2) is 0 Å². The van der Waals surface area contributed by atoms with E-state index in [-0.39, 0.29) is 17.3 Å². The summed E-state index contributed by atoms with van der Waals surface area (Å²) in [5.74, 6) is -0.160. The lowest BCUT2D eigenvalue weighted by Crippen LogP contribution is -2.51. The zero-order valence-electron chi connectivity index (χ0n) is 17.2. The number of nitrogens with zero attached hydrogens (tertiary/aromatic N) is 5. The van der Waals surface area contributed by atoms with Crippen LogP contribution in [0, 0.1) is 5.82 Å². The number of halogens is 1. The van der Waals surface area contributed by atoms with Crippen LogP contribution in [-0.2, 0) is 32.6 Å². The summed E-state index contributed by atoms with van der Waals surface area (Å²) in [5.41, 5.74) is 2.01. The molecule has 0 atom stereocenters. The molecule has 0 spiro atoms. The molecule has 1 amide bonds. The second-order valence-electron chi connectivity index (χ2n) is 7.53. The number of sulfonamides is 1. The van der Waals surface area contributed by atoms with Crippen molar-refractivity contribution in [1.29, 1.82) is 0 Å². The number of likely N-dealkylation sites (N-methyl/N-ethyl adjacent to an activating group) is 1. The van der Waals surface area contributed by atoms with E-state index in [1.165, 1.54) is 19.2 Å². The molecule has 0 bridgehead atoms. The Balaban J connectivity index is 1.34. The van der Waals surface area contributed by atoms with Crippen LogP contribution in [0.3, 0.4) is 0 Å². The molecule has 0 radical (unpaired) electrons. The van der Waals surface area contributed by atoms with Gasteiger partial charge in [-0.2, -0.15) is 4.31 Å². The van der Waals surface area contributed by atoms with Crippen LogP contribution in [0.4, 0.5) is 10.3 Å². The first-order chi connectivity index (χ1) is 14.8. The standard InChI is InChI=1S/C20H24FN5O4S/c1-24(31(28,29)17-4-2-16(21)3-5-17)13-19(27)25-7-9-26(10-8-25)20-22-12-15-14-30-11-6-18(15)23-20/h2-5,12H,6-11,13-14H2,1H3. The van der Waals surface area contributed by atoms with Gasteiger partial charge in [0.1, 0.15) is 5.82 Å². The van der Waals surface area contributed by atoms with E-state index in [1.54, 1.807) is 11.1 Å². The van der Waals surface area contributed by atoms with Crippen LogP contribution in [0.15, 0.2) is 35.4 Å². The highest BCUT2D eigenvalue weighted by atomic mass is 32.2. The molecule has 2 aliphatic rings. The summed E-state index contributed by atoms with van der Waals surface area (Å²) in [5, 5.41) is 0. The first kappa shape index (κ1) is 21.6. The number of amides is 1. The number of fused-ring (bicyclic) bond motifs is 1. The minimum atomic E-state index is -3.87. The first-order valence-corrected chi connectivity index (χ1v) is 11.5. The monoisotopic (exact) mass is 449 g/mol. The number of anilines is 1. The molecule has 2 aromatic rings. The van der Waals surface area contributed by atoms with E-state index >= 15 is 0 Å². The topological polar surface area (TPSA) is 95.9 Å². The number of ether oxygens (including phenoxy) is 1. The van der Waals surface area contributed by atoms with Crippen molar-refractivity contribution in [3.63, 3.8) is 0 Å². The van der Waals surface area contributed by atoms with Crippen LogP contribution >= 0.6 is 0 Å². The van der Waals surface area contributed by atoms with Gasteiger partial charge in [0.25, 0.3) is 0 Å². The Morgan fingerprint density at radius 1 is 1.19 bits per heavy atom. The third-order valence-corrected chi connectivity index (χ3v) is 7.29. The highest BCUT2D eigenvalue weighted by molar-refractivity contribution is 7.89. The van der Waals surface area contributed by atoms with Gasteiger partial charge in [0.05, 0.1) is 30.3 Å². The minimum absolute atomic E-state index is 0.0519. The van der Waals surface area contributed by atoms with Gasteiger partial charge in [0, 0.05) is 51.4 Å². The number of rotatable bonds is 5. The molecule has 9 nitrogen and oxygen atoms in total. The van der Waals surface area contributed by atoms with E-state index in [2.05, 4.69) is 9.97 Å². The Bertz CT molecular complexity index is 1060. The van der Waals surface area contributed by atoms with Gasteiger partial charge in [-0.25, -0.2) is 22.8 Å². The molecule has 166 valence electrons. The largest absolute Gasteiger partial charge is 0.376 e. The SMILES string of the molecule is CN(CC(=O)N1CCN(c2ncc3c(n2)CCOC3)CC1)S(=O)(=O)c1ccc(F)cc1. The third-order valence-electron chi connectivity index (χ3n) is 5.48. The summed E-state index contributed by atoms with van der Waals surface area (Å²) < 4.78 is 44.7. The molecule has 4 rings (SSSR count). The van der Waals surface area contributed by atoms with Crippen molar-refractivity contribution < 1.29 is 22.3 Å². The second-order valence-corrected chi connectivity index (χ2v) is 9.57. The lowest BCUT2D eigenvalue weighted by atomic mass is 10.1. The maximum Gasteiger partial charge on any atom is 0.243 e. The molecule has 2 aliphatic heterocycles. The normalized spacial score (nSPS) is 17.0. The van der Waals surface area contributed by atoms with Crippen molar-refractivity contribution in [2.24, 2.45) is 0 Å². The van der Waals surface area contributed by atoms with Crippen LogP contribution in [0.5, 0.6) is 0 Å². The minimum Gasteiger partial charge on any atom is -0.376 e. The number of carbonyl (C=O) groups excluding carboxylic acids is 1. The molecule has 1 aromatic heterocycles. The Morgan fingerprint density at radius 3 is 2.61 bits per heavy atom. The molecule has 3 heterocycles. The number of piperazine rings is 1. The fourth-order valence-corrected chi connectivity index (χ4v) is 4.71. The predicted molar refractivity (Wildman–Crippen MR) is 110 cm³/mol. The van der Waals surface area contributed by atoms with E-state index in [4.69, 9.17) is 4.74 Å². The molecule has 0 saturated carbocycles. The summed E-state index contributed by atoms with van der Waals surface area (Å²) in [7, 11) is -2.53. The molecule has 0 aliphatic carbocycles. The van der Waals surface area contributed by atoms with E-state index < -0.39 is 15.8 Å². The van der Waals surface area contributed by atoms with Crippen molar-refractivity contribution in [1.82, 2.24) is 19.2 Å². The summed E-state index contributed by atoms with van der Waals surface area (Å²) in [6.45, 7) is 2.94. The molecule has 1 aromatic carbocycles. The van der Waals surface area contributed by atoms with Crippen molar-refractivity contribution in [3.05, 3.63) is 47.5 Å². The summed E-state index contributed by atoms with van der Waals surface area (Å²) in [6.07, 6.45) is 2.56. The Morgan fingerprint density at radius 2 is 1.90 bits per heavy atom. The zero-order valence-corrected chi connectivity index (χ0v) is 18.0. The van der Waals surface area contributed by atoms with Crippen LogP contribution in [0.25, 0.3) is 0 Å². The van der Waals surface area contributed by atoms with Gasteiger partial charge in [-0.05, 0) is 24.3 Å². The van der Waals surface area contributed by atoms with Crippen molar-refractivity contribution in [3.8, 4) is 0 Å². The van der Waals surface area contributed by atoms with Gasteiger partial charge in [-0.3, -0.25) is 4.79 Å². The highest BCUT2D eigenvalue weighted by Gasteiger charge is 2.28. The van der Waals surface area contributed by atoms with Crippen LogP contribution < -0.4 is 4.90 Å². The molecular weight excluding hydrogens is 425 g/mol. The second kappa shape index (κ2) is 8.85. The predicted octanol–water partition coefficient (Wildman–Crippen LogP) is 0.658. The molecule has 31 heavy (non-hydrogen) atoms. The lowest BCUT2D eigenvalue weighted by molar-refractivity contribution is -0.131. The average Bonchev–Trinajstić information content (AvgIpc) is 2.79. The number of carbonyl (C=O) groups is 1. The van der Waals surface area contributed by atoms with E-state index in [0.29, 0.717) is 45.3 Å². The van der Waals surface area contributed by atoms with Gasteiger partial charge in [-0.1, -0.05) is 0 Å². The molecule has 11 heteroatoms.